The highest BCUT2D eigenvalue weighted by molar-refractivity contribution is 5.77. The van der Waals surface area contributed by atoms with Crippen molar-refractivity contribution in [3.05, 3.63) is 35.4 Å². The number of amides is 1. The second-order valence-corrected chi connectivity index (χ2v) is 4.46. The van der Waals surface area contributed by atoms with Gasteiger partial charge in [-0.05, 0) is 31.7 Å². The molecule has 0 aromatic heterocycles. The van der Waals surface area contributed by atoms with Gasteiger partial charge in [0.25, 0.3) is 0 Å². The summed E-state index contributed by atoms with van der Waals surface area (Å²) in [6.45, 7) is 4.86. The average Bonchev–Trinajstić information content (AvgIpc) is 2.40. The van der Waals surface area contributed by atoms with Gasteiger partial charge in [-0.2, -0.15) is 0 Å². The van der Waals surface area contributed by atoms with Crippen LogP contribution >= 0.6 is 0 Å². The van der Waals surface area contributed by atoms with Crippen LogP contribution in [0.15, 0.2) is 18.2 Å². The Bertz CT molecular complexity index is 455. The van der Waals surface area contributed by atoms with Crippen LogP contribution in [0.5, 0.6) is 0 Å². The zero-order valence-electron chi connectivity index (χ0n) is 11.7. The van der Waals surface area contributed by atoms with Crippen LogP contribution in [0, 0.1) is 11.6 Å². The summed E-state index contributed by atoms with van der Waals surface area (Å²) in [5.74, 6) is -1.43. The van der Waals surface area contributed by atoms with Crippen LogP contribution < -0.4 is 5.32 Å². The molecule has 112 valence electrons. The van der Waals surface area contributed by atoms with Gasteiger partial charge in [0.2, 0.25) is 5.91 Å². The van der Waals surface area contributed by atoms with Crippen molar-refractivity contribution in [1.29, 1.82) is 0 Å². The van der Waals surface area contributed by atoms with E-state index in [9.17, 15) is 18.7 Å². The van der Waals surface area contributed by atoms with Gasteiger partial charge < -0.3 is 10.4 Å². The highest BCUT2D eigenvalue weighted by Crippen LogP contribution is 2.19. The quantitative estimate of drug-likeness (QED) is 0.798. The Kier molecular flexibility index (Phi) is 6.54. The topological polar surface area (TPSA) is 52.6 Å². The third-order valence-electron chi connectivity index (χ3n) is 2.94. The van der Waals surface area contributed by atoms with E-state index in [2.05, 4.69) is 5.32 Å². The molecule has 1 amide bonds. The Morgan fingerprint density at radius 2 is 2.10 bits per heavy atom. The minimum Gasteiger partial charge on any atom is -0.387 e. The van der Waals surface area contributed by atoms with E-state index in [1.807, 2.05) is 13.8 Å². The van der Waals surface area contributed by atoms with Crippen molar-refractivity contribution >= 4 is 5.91 Å². The van der Waals surface area contributed by atoms with E-state index in [4.69, 9.17) is 0 Å². The van der Waals surface area contributed by atoms with Crippen molar-refractivity contribution in [2.24, 2.45) is 0 Å². The minimum atomic E-state index is -1.18. The van der Waals surface area contributed by atoms with Crippen molar-refractivity contribution in [1.82, 2.24) is 10.2 Å². The maximum Gasteiger partial charge on any atom is 0.234 e. The normalized spacial score (nSPS) is 12.5. The summed E-state index contributed by atoms with van der Waals surface area (Å²) in [6, 6.07) is 2.95. The van der Waals surface area contributed by atoms with Gasteiger partial charge >= 0.3 is 0 Å². The molecule has 1 rings (SSSR count). The van der Waals surface area contributed by atoms with Crippen LogP contribution in [0.4, 0.5) is 8.78 Å². The Morgan fingerprint density at radius 1 is 1.40 bits per heavy atom. The van der Waals surface area contributed by atoms with E-state index >= 15 is 0 Å². The van der Waals surface area contributed by atoms with E-state index in [0.29, 0.717) is 13.1 Å². The second kappa shape index (κ2) is 7.91. The number of aliphatic hydroxyl groups excluding tert-OH is 1. The first-order valence-corrected chi connectivity index (χ1v) is 6.60. The summed E-state index contributed by atoms with van der Waals surface area (Å²) >= 11 is 0. The van der Waals surface area contributed by atoms with E-state index in [1.165, 1.54) is 0 Å². The number of likely N-dealkylation sites (N-methyl/N-ethyl adjacent to an activating group) is 2. The summed E-state index contributed by atoms with van der Waals surface area (Å²) in [5, 5.41) is 12.6. The molecule has 0 spiro atoms. The lowest BCUT2D eigenvalue weighted by Crippen LogP contribution is -2.39. The third-order valence-corrected chi connectivity index (χ3v) is 2.94. The first kappa shape index (κ1) is 16.5. The molecule has 6 heteroatoms. The number of nitrogens with zero attached hydrogens (tertiary/aromatic N) is 1. The fourth-order valence-corrected chi connectivity index (χ4v) is 1.87. The van der Waals surface area contributed by atoms with E-state index < -0.39 is 17.7 Å². The number of carbonyl (C=O) groups excluding carboxylic acids is 1. The van der Waals surface area contributed by atoms with Crippen molar-refractivity contribution in [3.8, 4) is 0 Å². The Balaban J connectivity index is 2.69. The van der Waals surface area contributed by atoms with Gasteiger partial charge in [-0.3, -0.25) is 9.69 Å². The van der Waals surface area contributed by atoms with Crippen LogP contribution in [0.3, 0.4) is 0 Å². The number of carbonyl (C=O) groups is 1. The van der Waals surface area contributed by atoms with Gasteiger partial charge in [0, 0.05) is 18.7 Å². The fraction of sp³-hybridized carbons (Fsp3) is 0.500. The average molecular weight is 286 g/mol. The zero-order chi connectivity index (χ0) is 15.1. The van der Waals surface area contributed by atoms with Crippen LogP contribution in [0.1, 0.15) is 25.5 Å². The Hall–Kier alpha value is -1.53. The maximum absolute atomic E-state index is 13.5. The molecule has 0 saturated heterocycles. The minimum absolute atomic E-state index is 0.0635. The van der Waals surface area contributed by atoms with Crippen molar-refractivity contribution in [2.45, 2.75) is 20.0 Å². The lowest BCUT2D eigenvalue weighted by molar-refractivity contribution is -0.122. The zero-order valence-corrected chi connectivity index (χ0v) is 11.7. The van der Waals surface area contributed by atoms with Crippen LogP contribution in [0.25, 0.3) is 0 Å². The van der Waals surface area contributed by atoms with Gasteiger partial charge in [-0.15, -0.1) is 0 Å². The number of benzene rings is 1. The molecular formula is C14H20F2N2O2. The number of hydrogen-bond donors (Lipinski definition) is 2. The van der Waals surface area contributed by atoms with Crippen LogP contribution in [-0.2, 0) is 4.79 Å². The monoisotopic (exact) mass is 286 g/mol. The molecule has 0 fully saturated rings. The molecule has 1 aromatic rings. The Morgan fingerprint density at radius 3 is 2.70 bits per heavy atom. The molecule has 4 nitrogen and oxygen atoms in total. The van der Waals surface area contributed by atoms with Gasteiger partial charge in [0.1, 0.15) is 11.6 Å². The van der Waals surface area contributed by atoms with Crippen molar-refractivity contribution in [3.63, 3.8) is 0 Å². The molecule has 1 aromatic carbocycles. The highest BCUT2D eigenvalue weighted by Gasteiger charge is 2.18. The number of nitrogens with one attached hydrogen (secondary N) is 1. The Labute approximate surface area is 117 Å². The summed E-state index contributed by atoms with van der Waals surface area (Å²) in [6.07, 6.45) is -1.18. The molecule has 2 N–H and O–H groups in total. The summed E-state index contributed by atoms with van der Waals surface area (Å²) in [7, 11) is 0. The molecule has 0 aliphatic carbocycles. The summed E-state index contributed by atoms with van der Waals surface area (Å²) in [5.41, 5.74) is -0.0978. The summed E-state index contributed by atoms with van der Waals surface area (Å²) < 4.78 is 26.6. The molecule has 0 heterocycles. The fourth-order valence-electron chi connectivity index (χ4n) is 1.87. The molecule has 0 bridgehead atoms. The molecule has 0 aliphatic rings. The van der Waals surface area contributed by atoms with E-state index in [0.717, 1.165) is 18.2 Å². The lowest BCUT2D eigenvalue weighted by Gasteiger charge is -2.23. The molecule has 20 heavy (non-hydrogen) atoms. The molecule has 0 radical (unpaired) electrons. The summed E-state index contributed by atoms with van der Waals surface area (Å²) in [4.78, 5) is 13.1. The van der Waals surface area contributed by atoms with E-state index in [1.54, 1.807) is 4.90 Å². The van der Waals surface area contributed by atoms with Crippen LogP contribution in [-0.4, -0.2) is 42.1 Å². The van der Waals surface area contributed by atoms with Crippen molar-refractivity contribution < 1.29 is 18.7 Å². The number of hydrogen-bond acceptors (Lipinski definition) is 3. The first-order chi connectivity index (χ1) is 9.47. The molecule has 0 saturated carbocycles. The highest BCUT2D eigenvalue weighted by atomic mass is 19.1. The van der Waals surface area contributed by atoms with E-state index in [-0.39, 0.29) is 24.6 Å². The van der Waals surface area contributed by atoms with Gasteiger partial charge in [-0.25, -0.2) is 8.78 Å². The van der Waals surface area contributed by atoms with Gasteiger partial charge in [0.15, 0.2) is 0 Å². The predicted molar refractivity (Wildman–Crippen MR) is 72.1 cm³/mol. The molecule has 1 unspecified atom stereocenters. The number of aliphatic hydroxyl groups is 1. The lowest BCUT2D eigenvalue weighted by atomic mass is 10.1. The van der Waals surface area contributed by atoms with Crippen molar-refractivity contribution in [2.75, 3.05) is 26.2 Å². The largest absolute Gasteiger partial charge is 0.387 e. The molecule has 1 atom stereocenters. The van der Waals surface area contributed by atoms with Gasteiger partial charge in [0.05, 0.1) is 12.6 Å². The van der Waals surface area contributed by atoms with Crippen LogP contribution in [0.2, 0.25) is 0 Å². The molecule has 0 aliphatic heterocycles. The standard InChI is InChI=1S/C14H20F2N2O2/c1-3-17-14(20)9-18(4-2)8-13(19)11-7-10(15)5-6-12(11)16/h5-7,13,19H,3-4,8-9H2,1-2H3,(H,17,20). The SMILES string of the molecule is CCNC(=O)CN(CC)CC(O)c1cc(F)ccc1F. The smallest absolute Gasteiger partial charge is 0.234 e. The van der Waals surface area contributed by atoms with Gasteiger partial charge in [-0.1, -0.05) is 6.92 Å². The first-order valence-electron chi connectivity index (χ1n) is 6.60. The second-order valence-electron chi connectivity index (χ2n) is 4.46. The molecular weight excluding hydrogens is 266 g/mol. The number of rotatable bonds is 7. The predicted octanol–water partition coefficient (Wildman–Crippen LogP) is 1.46. The number of halogens is 2. The maximum atomic E-state index is 13.5. The third kappa shape index (κ3) is 4.86.